The predicted molar refractivity (Wildman–Crippen MR) is 363 cm³/mol. The second-order valence-corrected chi connectivity index (χ2v) is 24.6. The molecule has 19 aromatic rings. The third kappa shape index (κ3) is 7.69. The van der Waals surface area contributed by atoms with Crippen molar-refractivity contribution in [3.8, 4) is 22.8 Å². The van der Waals surface area contributed by atoms with Crippen molar-refractivity contribution in [1.82, 2.24) is 38.5 Å². The highest BCUT2D eigenvalue weighted by Gasteiger charge is 2.23. The summed E-state index contributed by atoms with van der Waals surface area (Å²) >= 11 is 11.4. The maximum Gasteiger partial charge on any atom is 0.146 e. The number of aromatic nitrogens is 8. The molecule has 0 atom stereocenters. The Balaban J connectivity index is 0.000000118. The number of pyridine rings is 3. The first-order chi connectivity index (χ1) is 41.5. The summed E-state index contributed by atoms with van der Waals surface area (Å²) in [5, 5.41) is 13.1. The maximum atomic E-state index is 5.59. The van der Waals surface area contributed by atoms with Gasteiger partial charge in [0, 0.05) is 102 Å². The highest BCUT2D eigenvalue weighted by Crippen LogP contribution is 2.47. The Morgan fingerprint density at radius 1 is 0.405 bits per heavy atom. The van der Waals surface area contributed by atoms with Gasteiger partial charge in [-0.3, -0.25) is 9.38 Å². The van der Waals surface area contributed by atoms with Crippen molar-refractivity contribution in [1.29, 1.82) is 0 Å². The van der Waals surface area contributed by atoms with Gasteiger partial charge in [0.25, 0.3) is 0 Å². The van der Waals surface area contributed by atoms with Crippen LogP contribution in [0.15, 0.2) is 249 Å². The highest BCUT2D eigenvalue weighted by molar-refractivity contribution is 14.1. The fourth-order valence-corrected chi connectivity index (χ4v) is 15.3. The SMILES string of the molecule is Clc1ncccc1I.c1ccc(-n2c3cc(-c4nc5ccccc5[nH]4)ccc3c3ccc4sc5ccccc5c4c32)cc1.c1ccc(-n2c3cc4c(cc3c3ccc5sc6ccccc6c5c32)c2ncccc2n2c3ccccc3nc42)cc1. The maximum absolute atomic E-state index is 5.59. The molecule has 0 amide bonds. The number of thiophene rings is 2. The van der Waals surface area contributed by atoms with Crippen molar-refractivity contribution >= 4 is 190 Å². The van der Waals surface area contributed by atoms with Crippen LogP contribution >= 0.6 is 56.9 Å². The third-order valence-electron chi connectivity index (χ3n) is 16.2. The summed E-state index contributed by atoms with van der Waals surface area (Å²) in [5.41, 5.74) is 15.4. The number of para-hydroxylation sites is 6. The lowest BCUT2D eigenvalue weighted by atomic mass is 10.0. The Kier molecular flexibility index (Phi) is 11.4. The van der Waals surface area contributed by atoms with Crippen molar-refractivity contribution in [2.24, 2.45) is 0 Å². The van der Waals surface area contributed by atoms with E-state index in [1.165, 1.54) is 84.0 Å². The molecule has 8 nitrogen and oxygen atoms in total. The van der Waals surface area contributed by atoms with Gasteiger partial charge in [0.2, 0.25) is 0 Å². The van der Waals surface area contributed by atoms with Gasteiger partial charge in [-0.2, -0.15) is 0 Å². The summed E-state index contributed by atoms with van der Waals surface area (Å²) < 4.78 is 13.4. The van der Waals surface area contributed by atoms with E-state index in [1.807, 2.05) is 65.3 Å². The van der Waals surface area contributed by atoms with E-state index in [-0.39, 0.29) is 0 Å². The molecular formula is C72H42ClIN8S2. The Morgan fingerprint density at radius 3 is 1.64 bits per heavy atom. The molecule has 0 bridgehead atoms. The first kappa shape index (κ1) is 49.1. The number of hydrogen-bond donors (Lipinski definition) is 1. The summed E-state index contributed by atoms with van der Waals surface area (Å²) in [6.07, 6.45) is 3.57. The van der Waals surface area contributed by atoms with E-state index >= 15 is 0 Å². The smallest absolute Gasteiger partial charge is 0.146 e. The molecule has 396 valence electrons. The van der Waals surface area contributed by atoms with E-state index in [0.717, 1.165) is 75.9 Å². The topological polar surface area (TPSA) is 81.6 Å². The minimum atomic E-state index is 0.577. The van der Waals surface area contributed by atoms with Crippen molar-refractivity contribution < 1.29 is 0 Å². The Hall–Kier alpha value is -9.50. The first-order valence-corrected chi connectivity index (χ1v) is 30.7. The molecule has 84 heavy (non-hydrogen) atoms. The van der Waals surface area contributed by atoms with Gasteiger partial charge in [-0.15, -0.1) is 22.7 Å². The van der Waals surface area contributed by atoms with Crippen LogP contribution in [0.4, 0.5) is 0 Å². The van der Waals surface area contributed by atoms with Gasteiger partial charge in [-0.1, -0.05) is 133 Å². The molecule has 0 aliphatic heterocycles. The second kappa shape index (κ2) is 19.6. The number of nitrogens with one attached hydrogen (secondary N) is 1. The minimum absolute atomic E-state index is 0.577. The van der Waals surface area contributed by atoms with Crippen molar-refractivity contribution in [3.05, 3.63) is 258 Å². The molecule has 0 saturated heterocycles. The summed E-state index contributed by atoms with van der Waals surface area (Å²) in [4.78, 5) is 22.3. The molecule has 9 aromatic heterocycles. The molecule has 19 rings (SSSR count). The monoisotopic (exact) mass is 1240 g/mol. The summed E-state index contributed by atoms with van der Waals surface area (Å²) in [7, 11) is 0. The van der Waals surface area contributed by atoms with Crippen LogP contribution in [-0.2, 0) is 0 Å². The molecule has 0 fully saturated rings. The van der Waals surface area contributed by atoms with Gasteiger partial charge >= 0.3 is 0 Å². The minimum Gasteiger partial charge on any atom is -0.338 e. The van der Waals surface area contributed by atoms with Gasteiger partial charge in [0.15, 0.2) is 0 Å². The predicted octanol–water partition coefficient (Wildman–Crippen LogP) is 20.7. The number of H-pyrrole nitrogens is 1. The fourth-order valence-electron chi connectivity index (χ4n) is 12.6. The molecule has 10 aromatic carbocycles. The number of rotatable bonds is 3. The Morgan fingerprint density at radius 2 is 0.976 bits per heavy atom. The van der Waals surface area contributed by atoms with Crippen molar-refractivity contribution in [2.75, 3.05) is 0 Å². The molecular weight excluding hydrogens is 1200 g/mol. The highest BCUT2D eigenvalue weighted by atomic mass is 127. The normalized spacial score (nSPS) is 11.9. The summed E-state index contributed by atoms with van der Waals surface area (Å²) in [6, 6.07) is 84.0. The fraction of sp³-hybridized carbons (Fsp3) is 0. The van der Waals surface area contributed by atoms with Crippen LogP contribution in [0.2, 0.25) is 5.15 Å². The number of fused-ring (bicyclic) bond motifs is 23. The molecule has 1 N–H and O–H groups in total. The largest absolute Gasteiger partial charge is 0.338 e. The van der Waals surface area contributed by atoms with Gasteiger partial charge in [-0.25, -0.2) is 15.0 Å². The van der Waals surface area contributed by atoms with E-state index in [0.29, 0.717) is 5.15 Å². The van der Waals surface area contributed by atoms with E-state index in [2.05, 4.69) is 246 Å². The number of hydrogen-bond acceptors (Lipinski definition) is 6. The van der Waals surface area contributed by atoms with Crippen LogP contribution in [0.1, 0.15) is 0 Å². The Bertz CT molecular complexity index is 5800. The molecule has 12 heteroatoms. The average Bonchev–Trinajstić information content (AvgIpc) is 2.19. The average molecular weight is 1250 g/mol. The van der Waals surface area contributed by atoms with Crippen molar-refractivity contribution in [2.45, 2.75) is 0 Å². The van der Waals surface area contributed by atoms with E-state index < -0.39 is 0 Å². The second-order valence-electron chi connectivity index (χ2n) is 20.9. The molecule has 0 aliphatic rings. The Labute approximate surface area is 505 Å². The van der Waals surface area contributed by atoms with Gasteiger partial charge < -0.3 is 14.1 Å². The van der Waals surface area contributed by atoms with Gasteiger partial charge in [0.05, 0.1) is 58.7 Å². The molecule has 9 heterocycles. The first-order valence-electron chi connectivity index (χ1n) is 27.6. The number of imidazole rings is 2. The van der Waals surface area contributed by atoms with Crippen LogP contribution in [0.3, 0.4) is 0 Å². The van der Waals surface area contributed by atoms with Gasteiger partial charge in [0.1, 0.15) is 16.6 Å². The van der Waals surface area contributed by atoms with Crippen LogP contribution in [0.5, 0.6) is 0 Å². The van der Waals surface area contributed by atoms with E-state index in [4.69, 9.17) is 26.6 Å². The molecule has 0 aliphatic carbocycles. The van der Waals surface area contributed by atoms with Crippen LogP contribution in [0, 0.1) is 3.57 Å². The zero-order valence-electron chi connectivity index (χ0n) is 44.4. The van der Waals surface area contributed by atoms with E-state index in [9.17, 15) is 0 Å². The summed E-state index contributed by atoms with van der Waals surface area (Å²) in [6.45, 7) is 0. The zero-order chi connectivity index (χ0) is 55.6. The molecule has 0 spiro atoms. The van der Waals surface area contributed by atoms with Crippen LogP contribution in [0.25, 0.3) is 156 Å². The lowest BCUT2D eigenvalue weighted by Gasteiger charge is -2.11. The number of nitrogens with zero attached hydrogens (tertiary/aromatic N) is 7. The standard InChI is InChI=1S/C36H20N4S.C31H19N3S.C5H3ClIN/c1-2-9-21(10-3-1)39-30-20-26-25(34-29(14-8-18-37-34)40-28-13-6-5-12-27(28)38-36(26)40)19-24(30)22-16-17-32-33(35(22)39)23-11-4-7-15-31(23)41-32;1-2-8-20(9-3-1)34-26-18-19(31-32-24-11-5-6-12-25(24)33-31)14-15-21(26)22-16-17-28-29(30(22)34)23-10-4-7-13-27(23)35-28;6-5-4(7)2-1-3-8-5/h1-20H;1-18H,(H,32,33);1-3H. The van der Waals surface area contributed by atoms with Gasteiger partial charge in [-0.05, 0) is 138 Å². The lowest BCUT2D eigenvalue weighted by molar-refractivity contribution is 1.19. The number of benzene rings is 10. The quantitative estimate of drug-likeness (QED) is 0.109. The molecule has 0 saturated carbocycles. The molecule has 0 unspecified atom stereocenters. The number of halogens is 2. The zero-order valence-corrected chi connectivity index (χ0v) is 48.9. The van der Waals surface area contributed by atoms with Crippen LogP contribution < -0.4 is 0 Å². The van der Waals surface area contributed by atoms with Crippen LogP contribution in [-0.4, -0.2) is 38.5 Å². The van der Waals surface area contributed by atoms with Crippen molar-refractivity contribution in [3.63, 3.8) is 0 Å². The lowest BCUT2D eigenvalue weighted by Crippen LogP contribution is -1.96. The summed E-state index contributed by atoms with van der Waals surface area (Å²) in [5.74, 6) is 0.893. The van der Waals surface area contributed by atoms with E-state index in [1.54, 1.807) is 6.20 Å². The number of aromatic amines is 1. The third-order valence-corrected chi connectivity index (χ3v) is 19.9. The molecule has 0 radical (unpaired) electrons.